The minimum absolute atomic E-state index is 1.10. The van der Waals surface area contributed by atoms with E-state index in [-0.39, 0.29) is 0 Å². The Morgan fingerprint density at radius 2 is 0.528 bits per heavy atom. The zero-order valence-corrected chi connectivity index (χ0v) is 42.6. The Morgan fingerprint density at radius 3 is 0.806 bits per heavy atom. The maximum atomic E-state index is 2.57. The molecule has 11 aromatic carbocycles. The number of fused-ring (bicyclic) bond motifs is 3. The Kier molecular flexibility index (Phi) is 11.8. The van der Waals surface area contributed by atoms with Crippen LogP contribution in [0.25, 0.3) is 27.5 Å². The topological polar surface area (TPSA) is 8.17 Å². The predicted molar refractivity (Wildman–Crippen MR) is 312 cm³/mol. The van der Waals surface area contributed by atoms with Crippen molar-refractivity contribution in [3.63, 3.8) is 0 Å². The summed E-state index contributed by atoms with van der Waals surface area (Å²) in [4.78, 5) is 2.36. The molecule has 1 heterocycles. The fourth-order valence-corrected chi connectivity index (χ4v) is 21.0. The van der Waals surface area contributed by atoms with Crippen LogP contribution >= 0.6 is 0 Å². The molecule has 0 aliphatic carbocycles. The van der Waals surface area contributed by atoms with Gasteiger partial charge in [-0.3, -0.25) is 0 Å². The highest BCUT2D eigenvalue weighted by molar-refractivity contribution is 7.20. The molecule has 0 aliphatic rings. The number of aryl methyl sites for hydroxylation is 2. The summed E-state index contributed by atoms with van der Waals surface area (Å²) in [6.07, 6.45) is 0. The molecule has 12 aromatic rings. The van der Waals surface area contributed by atoms with Gasteiger partial charge in [0.05, 0.1) is 11.0 Å². The maximum Gasteiger partial charge on any atom is 0.179 e. The average molecular weight is 955 g/mol. The SMILES string of the molecule is Cc1ccc(N(c2ccc(C)cc2)c2ccc(-n3c4ccc([Si](c5ccccc5)(c5ccccc5)c5ccccc5)cc4c4cc([Si](c5ccccc5)(c5ccccc5)c5ccccc5)ccc43)cc2)cc1. The van der Waals surface area contributed by atoms with E-state index in [1.165, 1.54) is 74.4 Å². The lowest BCUT2D eigenvalue weighted by molar-refractivity contribution is 1.17. The second-order valence-corrected chi connectivity index (χ2v) is 26.6. The fraction of sp³-hybridized carbons (Fsp3) is 0.0294. The van der Waals surface area contributed by atoms with Gasteiger partial charge in [0.2, 0.25) is 0 Å². The summed E-state index contributed by atoms with van der Waals surface area (Å²) in [5, 5.41) is 13.3. The molecule has 0 spiro atoms. The summed E-state index contributed by atoms with van der Waals surface area (Å²) in [5.74, 6) is 0. The van der Waals surface area contributed by atoms with E-state index < -0.39 is 16.1 Å². The van der Waals surface area contributed by atoms with E-state index in [2.05, 4.69) is 315 Å². The number of nitrogens with zero attached hydrogens (tertiary/aromatic N) is 2. The van der Waals surface area contributed by atoms with E-state index in [1.807, 2.05) is 0 Å². The van der Waals surface area contributed by atoms with Crippen molar-refractivity contribution in [1.82, 2.24) is 4.57 Å². The zero-order valence-electron chi connectivity index (χ0n) is 40.6. The Bertz CT molecular complexity index is 3350. The zero-order chi connectivity index (χ0) is 48.5. The van der Waals surface area contributed by atoms with Crippen LogP contribution in [0.5, 0.6) is 0 Å². The number of hydrogen-bond acceptors (Lipinski definition) is 1. The van der Waals surface area contributed by atoms with Gasteiger partial charge in [0.25, 0.3) is 0 Å². The van der Waals surface area contributed by atoms with E-state index in [1.54, 1.807) is 0 Å². The highest BCUT2D eigenvalue weighted by Gasteiger charge is 2.43. The normalized spacial score (nSPS) is 11.8. The molecule has 12 rings (SSSR count). The third-order valence-electron chi connectivity index (χ3n) is 14.8. The van der Waals surface area contributed by atoms with Crippen molar-refractivity contribution in [3.05, 3.63) is 302 Å². The molecule has 0 aliphatic heterocycles. The molecular weight excluding hydrogens is 901 g/mol. The van der Waals surface area contributed by atoms with Crippen LogP contribution in [0, 0.1) is 13.8 Å². The van der Waals surface area contributed by atoms with Crippen LogP contribution in [0.3, 0.4) is 0 Å². The molecule has 0 amide bonds. The summed E-state index contributed by atoms with van der Waals surface area (Å²) in [6.45, 7) is 4.29. The van der Waals surface area contributed by atoms with E-state index >= 15 is 0 Å². The molecule has 344 valence electrons. The summed E-state index contributed by atoms with van der Waals surface area (Å²) in [5.41, 5.74) is 9.30. The van der Waals surface area contributed by atoms with Crippen molar-refractivity contribution >= 4 is 96.5 Å². The molecule has 72 heavy (non-hydrogen) atoms. The van der Waals surface area contributed by atoms with Gasteiger partial charge in [0.15, 0.2) is 16.1 Å². The van der Waals surface area contributed by atoms with E-state index in [0.717, 1.165) is 22.7 Å². The molecule has 0 radical (unpaired) electrons. The highest BCUT2D eigenvalue weighted by Crippen LogP contribution is 2.37. The molecule has 0 bridgehead atoms. The summed E-state index contributed by atoms with van der Waals surface area (Å²) >= 11 is 0. The number of aromatic nitrogens is 1. The van der Waals surface area contributed by atoms with Crippen LogP contribution < -0.4 is 46.4 Å². The van der Waals surface area contributed by atoms with Crippen LogP contribution in [-0.4, -0.2) is 20.7 Å². The van der Waals surface area contributed by atoms with Crippen LogP contribution in [-0.2, 0) is 0 Å². The van der Waals surface area contributed by atoms with Crippen LogP contribution in [0.1, 0.15) is 11.1 Å². The molecule has 0 saturated heterocycles. The number of hydrogen-bond donors (Lipinski definition) is 0. The minimum Gasteiger partial charge on any atom is -0.311 e. The molecule has 0 atom stereocenters. The lowest BCUT2D eigenvalue weighted by Crippen LogP contribution is -2.74. The van der Waals surface area contributed by atoms with Gasteiger partial charge >= 0.3 is 0 Å². The van der Waals surface area contributed by atoms with Gasteiger partial charge < -0.3 is 9.47 Å². The number of benzene rings is 11. The smallest absolute Gasteiger partial charge is 0.179 e. The summed E-state index contributed by atoms with van der Waals surface area (Å²) in [7, 11) is -5.76. The Hall–Kier alpha value is -8.55. The number of rotatable bonds is 12. The molecule has 2 nitrogen and oxygen atoms in total. The average Bonchev–Trinajstić information content (AvgIpc) is 3.78. The first kappa shape index (κ1) is 44.6. The van der Waals surface area contributed by atoms with Gasteiger partial charge in [-0.2, -0.15) is 0 Å². The monoisotopic (exact) mass is 954 g/mol. The molecule has 4 heteroatoms. The first-order valence-corrected chi connectivity index (χ1v) is 29.0. The van der Waals surface area contributed by atoms with Crippen LogP contribution in [0.2, 0.25) is 0 Å². The fourth-order valence-electron chi connectivity index (χ4n) is 11.5. The Balaban J connectivity index is 1.15. The lowest BCUT2D eigenvalue weighted by Gasteiger charge is -2.34. The molecule has 1 aromatic heterocycles. The molecule has 0 saturated carbocycles. The van der Waals surface area contributed by atoms with Crippen molar-refractivity contribution in [2.75, 3.05) is 4.90 Å². The molecule has 0 fully saturated rings. The van der Waals surface area contributed by atoms with Crippen molar-refractivity contribution in [1.29, 1.82) is 0 Å². The third kappa shape index (κ3) is 7.64. The van der Waals surface area contributed by atoms with Crippen molar-refractivity contribution < 1.29 is 0 Å². The van der Waals surface area contributed by atoms with Crippen molar-refractivity contribution in [2.45, 2.75) is 13.8 Å². The summed E-state index contributed by atoms with van der Waals surface area (Å²) in [6, 6.07) is 109. The maximum absolute atomic E-state index is 2.88. The van der Waals surface area contributed by atoms with Crippen molar-refractivity contribution in [2.24, 2.45) is 0 Å². The van der Waals surface area contributed by atoms with Gasteiger partial charge in [0.1, 0.15) is 0 Å². The summed E-state index contributed by atoms with van der Waals surface area (Å²) < 4.78 is 2.50. The number of anilines is 3. The highest BCUT2D eigenvalue weighted by atomic mass is 28.3. The van der Waals surface area contributed by atoms with Crippen molar-refractivity contribution in [3.8, 4) is 5.69 Å². The lowest BCUT2D eigenvalue weighted by atomic mass is 10.1. The van der Waals surface area contributed by atoms with E-state index in [4.69, 9.17) is 0 Å². The van der Waals surface area contributed by atoms with Crippen LogP contribution in [0.15, 0.2) is 291 Å². The van der Waals surface area contributed by atoms with Gasteiger partial charge in [-0.15, -0.1) is 0 Å². The van der Waals surface area contributed by atoms with Gasteiger partial charge in [-0.1, -0.05) is 242 Å². The van der Waals surface area contributed by atoms with Gasteiger partial charge in [0, 0.05) is 33.5 Å². The first-order valence-electron chi connectivity index (χ1n) is 25.0. The third-order valence-corrected chi connectivity index (χ3v) is 24.4. The van der Waals surface area contributed by atoms with E-state index in [0.29, 0.717) is 0 Å². The minimum atomic E-state index is -2.88. The van der Waals surface area contributed by atoms with Crippen LogP contribution in [0.4, 0.5) is 17.1 Å². The quantitative estimate of drug-likeness (QED) is 0.0875. The Morgan fingerprint density at radius 1 is 0.264 bits per heavy atom. The molecule has 0 unspecified atom stereocenters. The Labute approximate surface area is 425 Å². The van der Waals surface area contributed by atoms with Gasteiger partial charge in [-0.25, -0.2) is 0 Å². The molecular formula is C68H54N2Si2. The second kappa shape index (κ2) is 19.0. The molecule has 0 N–H and O–H groups in total. The first-order chi connectivity index (χ1) is 35.5. The standard InChI is InChI=1S/C68H54N2Si2/c1-51-33-37-53(38-34-51)69(54-39-35-52(2)36-40-54)55-41-43-56(44-42-55)70-67-47-45-63(71(57-21-9-3-10-22-57,58-23-11-4-12-24-58)59-25-13-5-14-26-59)49-65(67)66-50-64(46-48-68(66)70)72(60-27-15-6-16-28-60,61-29-17-7-18-30-61)62-31-19-8-20-32-62/h3-50H,1-2H3. The van der Waals surface area contributed by atoms with E-state index in [9.17, 15) is 0 Å². The second-order valence-electron chi connectivity index (χ2n) is 19.0. The predicted octanol–water partition coefficient (Wildman–Crippen LogP) is 11.6. The largest absolute Gasteiger partial charge is 0.311 e. The van der Waals surface area contributed by atoms with Gasteiger partial charge in [-0.05, 0) is 116 Å².